The molecule has 2 amide bonds. The molecule has 130 valence electrons. The summed E-state index contributed by atoms with van der Waals surface area (Å²) in [5.41, 5.74) is 0.514. The zero-order valence-corrected chi connectivity index (χ0v) is 16.0. The molecule has 0 saturated carbocycles. The fourth-order valence-electron chi connectivity index (χ4n) is 3.32. The lowest BCUT2D eigenvalue weighted by atomic mass is 10.1. The van der Waals surface area contributed by atoms with Gasteiger partial charge in [0.1, 0.15) is 6.04 Å². The maximum absolute atomic E-state index is 12.9. The number of halogens is 2. The lowest BCUT2D eigenvalue weighted by molar-refractivity contribution is -0.136. The van der Waals surface area contributed by atoms with Gasteiger partial charge in [0.2, 0.25) is 5.91 Å². The van der Waals surface area contributed by atoms with Crippen molar-refractivity contribution in [2.45, 2.75) is 18.9 Å². The Morgan fingerprint density at radius 3 is 2.58 bits per heavy atom. The fraction of sp³-hybridized carbons (Fsp3) is 0.529. The average molecular weight is 415 g/mol. The van der Waals surface area contributed by atoms with Crippen molar-refractivity contribution in [2.24, 2.45) is 0 Å². The first kappa shape index (κ1) is 17.7. The molecule has 2 heterocycles. The van der Waals surface area contributed by atoms with Gasteiger partial charge >= 0.3 is 0 Å². The van der Waals surface area contributed by atoms with Crippen LogP contribution in [0.3, 0.4) is 0 Å². The summed E-state index contributed by atoms with van der Waals surface area (Å²) >= 11 is 9.44. The molecule has 0 N–H and O–H groups in total. The van der Waals surface area contributed by atoms with Gasteiger partial charge in [-0.05, 0) is 54.0 Å². The molecule has 5 nitrogen and oxygen atoms in total. The van der Waals surface area contributed by atoms with Gasteiger partial charge in [-0.3, -0.25) is 9.59 Å². The van der Waals surface area contributed by atoms with Crippen LogP contribution in [0.5, 0.6) is 0 Å². The molecule has 2 aliphatic rings. The van der Waals surface area contributed by atoms with Crippen molar-refractivity contribution in [2.75, 3.05) is 39.8 Å². The minimum absolute atomic E-state index is 0.0760. The molecule has 0 spiro atoms. The molecule has 7 heteroatoms. The smallest absolute Gasteiger partial charge is 0.255 e. The largest absolute Gasteiger partial charge is 0.338 e. The highest BCUT2D eigenvalue weighted by Gasteiger charge is 2.37. The highest BCUT2D eigenvalue weighted by molar-refractivity contribution is 9.10. The van der Waals surface area contributed by atoms with Crippen LogP contribution in [0.15, 0.2) is 22.7 Å². The zero-order valence-electron chi connectivity index (χ0n) is 13.7. The molecule has 0 aromatic heterocycles. The van der Waals surface area contributed by atoms with Crippen molar-refractivity contribution in [3.05, 3.63) is 33.3 Å². The predicted octanol–water partition coefficient (Wildman–Crippen LogP) is 2.48. The van der Waals surface area contributed by atoms with Crippen molar-refractivity contribution in [1.82, 2.24) is 14.7 Å². The average Bonchev–Trinajstić information content (AvgIpc) is 3.06. The Labute approximate surface area is 155 Å². The number of nitrogens with zero attached hydrogens (tertiary/aromatic N) is 3. The number of rotatable bonds is 2. The van der Waals surface area contributed by atoms with Gasteiger partial charge in [0.15, 0.2) is 0 Å². The van der Waals surface area contributed by atoms with E-state index in [-0.39, 0.29) is 17.9 Å². The van der Waals surface area contributed by atoms with Crippen LogP contribution in [-0.4, -0.2) is 72.3 Å². The third-order valence-electron chi connectivity index (χ3n) is 4.77. The molecule has 3 rings (SSSR count). The quantitative estimate of drug-likeness (QED) is 0.747. The molecule has 1 unspecified atom stereocenters. The first-order valence-electron chi connectivity index (χ1n) is 8.20. The first-order valence-corrected chi connectivity index (χ1v) is 9.38. The van der Waals surface area contributed by atoms with Crippen LogP contribution in [0, 0.1) is 0 Å². The van der Waals surface area contributed by atoms with Crippen LogP contribution >= 0.6 is 27.5 Å². The number of likely N-dealkylation sites (N-methyl/N-ethyl adjacent to an activating group) is 1. The van der Waals surface area contributed by atoms with Crippen molar-refractivity contribution < 1.29 is 9.59 Å². The van der Waals surface area contributed by atoms with E-state index in [1.54, 1.807) is 23.1 Å². The highest BCUT2D eigenvalue weighted by Crippen LogP contribution is 2.27. The molecule has 1 aromatic rings. The fourth-order valence-corrected chi connectivity index (χ4v) is 3.91. The number of amides is 2. The molecule has 1 aromatic carbocycles. The van der Waals surface area contributed by atoms with E-state index in [0.29, 0.717) is 21.6 Å². The Bertz CT molecular complexity index is 647. The monoisotopic (exact) mass is 413 g/mol. The summed E-state index contributed by atoms with van der Waals surface area (Å²) in [6.07, 6.45) is 1.59. The number of piperazine rings is 1. The van der Waals surface area contributed by atoms with E-state index in [9.17, 15) is 9.59 Å². The number of carbonyl (C=O) groups is 2. The van der Waals surface area contributed by atoms with Crippen LogP contribution in [0.2, 0.25) is 5.02 Å². The van der Waals surface area contributed by atoms with Gasteiger partial charge in [0.05, 0.1) is 5.56 Å². The predicted molar refractivity (Wildman–Crippen MR) is 97.3 cm³/mol. The molecule has 0 bridgehead atoms. The minimum atomic E-state index is -0.355. The standard InChI is InChI=1S/C17H21BrClN3O2/c1-20-7-9-21(10-8-20)17(24)15-3-2-6-22(15)16(23)13-11-12(19)4-5-14(13)18/h4-5,11,15H,2-3,6-10H2,1H3. The van der Waals surface area contributed by atoms with Crippen LogP contribution in [0.1, 0.15) is 23.2 Å². The topological polar surface area (TPSA) is 43.9 Å². The maximum atomic E-state index is 12.9. The van der Waals surface area contributed by atoms with Crippen molar-refractivity contribution >= 4 is 39.3 Å². The molecule has 24 heavy (non-hydrogen) atoms. The summed E-state index contributed by atoms with van der Waals surface area (Å²) in [6.45, 7) is 3.84. The molecular formula is C17H21BrClN3O2. The second kappa shape index (κ2) is 7.42. The summed E-state index contributed by atoms with van der Waals surface area (Å²) < 4.78 is 0.703. The number of hydrogen-bond donors (Lipinski definition) is 0. The Morgan fingerprint density at radius 1 is 1.17 bits per heavy atom. The second-order valence-corrected chi connectivity index (χ2v) is 7.70. The molecule has 1 atom stereocenters. The number of benzene rings is 1. The molecule has 0 aliphatic carbocycles. The maximum Gasteiger partial charge on any atom is 0.255 e. The third kappa shape index (κ3) is 3.60. The first-order chi connectivity index (χ1) is 11.5. The molecule has 2 saturated heterocycles. The van der Waals surface area contributed by atoms with Gasteiger partial charge in [-0.15, -0.1) is 0 Å². The molecule has 2 aliphatic heterocycles. The van der Waals surface area contributed by atoms with Crippen LogP contribution in [0.4, 0.5) is 0 Å². The van der Waals surface area contributed by atoms with E-state index in [2.05, 4.69) is 27.9 Å². The van der Waals surface area contributed by atoms with Crippen LogP contribution < -0.4 is 0 Å². The Hall–Kier alpha value is -1.11. The SMILES string of the molecule is CN1CCN(C(=O)C2CCCN2C(=O)c2cc(Cl)ccc2Br)CC1. The second-order valence-electron chi connectivity index (χ2n) is 6.41. The van der Waals surface area contributed by atoms with Gasteiger partial charge in [-0.25, -0.2) is 0 Å². The van der Waals surface area contributed by atoms with Crippen molar-refractivity contribution in [3.8, 4) is 0 Å². The zero-order chi connectivity index (χ0) is 17.3. The van der Waals surface area contributed by atoms with Gasteiger partial charge in [0.25, 0.3) is 5.91 Å². The number of likely N-dealkylation sites (tertiary alicyclic amines) is 1. The van der Waals surface area contributed by atoms with Crippen LogP contribution in [0.25, 0.3) is 0 Å². The van der Waals surface area contributed by atoms with E-state index in [1.165, 1.54) is 0 Å². The van der Waals surface area contributed by atoms with Gasteiger partial charge in [0, 0.05) is 42.2 Å². The third-order valence-corrected chi connectivity index (χ3v) is 5.70. The lowest BCUT2D eigenvalue weighted by Crippen LogP contribution is -2.53. The number of hydrogen-bond acceptors (Lipinski definition) is 3. The van der Waals surface area contributed by atoms with Gasteiger partial charge < -0.3 is 14.7 Å². The van der Waals surface area contributed by atoms with E-state index in [1.807, 2.05) is 4.90 Å². The van der Waals surface area contributed by atoms with E-state index in [4.69, 9.17) is 11.6 Å². The van der Waals surface area contributed by atoms with Crippen molar-refractivity contribution in [1.29, 1.82) is 0 Å². The van der Waals surface area contributed by atoms with Gasteiger partial charge in [-0.1, -0.05) is 11.6 Å². The molecular weight excluding hydrogens is 394 g/mol. The summed E-state index contributed by atoms with van der Waals surface area (Å²) in [5.74, 6) is -0.0542. The molecule has 2 fully saturated rings. The van der Waals surface area contributed by atoms with Gasteiger partial charge in [-0.2, -0.15) is 0 Å². The van der Waals surface area contributed by atoms with E-state index >= 15 is 0 Å². The summed E-state index contributed by atoms with van der Waals surface area (Å²) in [4.78, 5) is 31.6. The normalized spacial score (nSPS) is 22.0. The molecule has 0 radical (unpaired) electrons. The number of carbonyl (C=O) groups excluding carboxylic acids is 2. The minimum Gasteiger partial charge on any atom is -0.338 e. The Balaban J connectivity index is 1.76. The Kier molecular flexibility index (Phi) is 5.47. The Morgan fingerprint density at radius 2 is 1.88 bits per heavy atom. The lowest BCUT2D eigenvalue weighted by Gasteiger charge is -2.36. The van der Waals surface area contributed by atoms with E-state index < -0.39 is 0 Å². The summed E-state index contributed by atoms with van der Waals surface area (Å²) in [7, 11) is 2.06. The van der Waals surface area contributed by atoms with Crippen molar-refractivity contribution in [3.63, 3.8) is 0 Å². The summed E-state index contributed by atoms with van der Waals surface area (Å²) in [6, 6.07) is 4.80. The van der Waals surface area contributed by atoms with E-state index in [0.717, 1.165) is 39.0 Å². The summed E-state index contributed by atoms with van der Waals surface area (Å²) in [5, 5.41) is 0.516. The van der Waals surface area contributed by atoms with Crippen LogP contribution in [-0.2, 0) is 4.79 Å². The highest BCUT2D eigenvalue weighted by atomic mass is 79.9.